The van der Waals surface area contributed by atoms with Gasteiger partial charge in [-0.2, -0.15) is 0 Å². The van der Waals surface area contributed by atoms with Gasteiger partial charge >= 0.3 is 0 Å². The molecule has 0 aliphatic heterocycles. The van der Waals surface area contributed by atoms with Crippen LogP contribution in [0.3, 0.4) is 0 Å². The Kier molecular flexibility index (Phi) is 1.99. The standard InChI is InChI=1S/C10H6ClN3OS/c1-4-6-5-2-3-12-9(15)7(5)16-10(6)14-13-8(4)11/h2-3H,1H3,(H,12,15). The monoisotopic (exact) mass is 251 g/mol. The molecule has 3 aromatic heterocycles. The maximum absolute atomic E-state index is 11.6. The molecule has 0 bridgehead atoms. The zero-order valence-corrected chi connectivity index (χ0v) is 9.82. The molecule has 3 rings (SSSR count). The zero-order valence-electron chi connectivity index (χ0n) is 8.24. The van der Waals surface area contributed by atoms with Gasteiger partial charge in [-0.15, -0.1) is 21.5 Å². The quantitative estimate of drug-likeness (QED) is 0.668. The van der Waals surface area contributed by atoms with E-state index < -0.39 is 0 Å². The Labute approximate surface area is 98.9 Å². The second-order valence-corrected chi connectivity index (χ2v) is 4.80. The van der Waals surface area contributed by atoms with Gasteiger partial charge in [0.05, 0.1) is 0 Å². The highest BCUT2D eigenvalue weighted by atomic mass is 35.5. The van der Waals surface area contributed by atoms with Gasteiger partial charge in [0.1, 0.15) is 9.53 Å². The lowest BCUT2D eigenvalue weighted by atomic mass is 10.1. The fourth-order valence-corrected chi connectivity index (χ4v) is 2.93. The number of hydrogen-bond donors (Lipinski definition) is 1. The molecule has 0 radical (unpaired) electrons. The smallest absolute Gasteiger partial charge is 0.265 e. The third-order valence-electron chi connectivity index (χ3n) is 2.51. The number of aryl methyl sites for hydroxylation is 1. The van der Waals surface area contributed by atoms with E-state index in [1.807, 2.05) is 13.0 Å². The lowest BCUT2D eigenvalue weighted by Crippen LogP contribution is -2.01. The Balaban J connectivity index is 2.68. The van der Waals surface area contributed by atoms with Crippen molar-refractivity contribution in [2.45, 2.75) is 6.92 Å². The maximum Gasteiger partial charge on any atom is 0.265 e. The third kappa shape index (κ3) is 1.19. The summed E-state index contributed by atoms with van der Waals surface area (Å²) < 4.78 is 0.664. The summed E-state index contributed by atoms with van der Waals surface area (Å²) in [5, 5.41) is 10.0. The predicted molar refractivity (Wildman–Crippen MR) is 65.3 cm³/mol. The van der Waals surface area contributed by atoms with Crippen LogP contribution >= 0.6 is 22.9 Å². The first-order valence-corrected chi connectivity index (χ1v) is 5.80. The predicted octanol–water partition coefficient (Wildman–Crippen LogP) is 2.49. The van der Waals surface area contributed by atoms with Gasteiger partial charge in [-0.3, -0.25) is 4.79 Å². The minimum Gasteiger partial charge on any atom is -0.328 e. The number of nitrogens with one attached hydrogen (secondary N) is 1. The summed E-state index contributed by atoms with van der Waals surface area (Å²) in [6, 6.07) is 1.86. The molecule has 80 valence electrons. The van der Waals surface area contributed by atoms with Gasteiger partial charge in [-0.25, -0.2) is 0 Å². The van der Waals surface area contributed by atoms with Gasteiger partial charge in [0.25, 0.3) is 5.56 Å². The fraction of sp³-hybridized carbons (Fsp3) is 0.100. The van der Waals surface area contributed by atoms with E-state index in [2.05, 4.69) is 15.2 Å². The summed E-state index contributed by atoms with van der Waals surface area (Å²) in [4.78, 5) is 15.0. The molecular formula is C10H6ClN3OS. The Morgan fingerprint density at radius 3 is 3.06 bits per heavy atom. The van der Waals surface area contributed by atoms with E-state index >= 15 is 0 Å². The Morgan fingerprint density at radius 1 is 1.44 bits per heavy atom. The van der Waals surface area contributed by atoms with Crippen LogP contribution in [0.5, 0.6) is 0 Å². The topological polar surface area (TPSA) is 58.6 Å². The Hall–Kier alpha value is -1.46. The Bertz CT molecular complexity index is 762. The second kappa shape index (κ2) is 3.26. The normalized spacial score (nSPS) is 11.4. The number of H-pyrrole nitrogens is 1. The second-order valence-electron chi connectivity index (χ2n) is 3.45. The van der Waals surface area contributed by atoms with E-state index in [1.165, 1.54) is 11.3 Å². The molecule has 0 amide bonds. The van der Waals surface area contributed by atoms with Crippen molar-refractivity contribution in [2.75, 3.05) is 0 Å². The molecule has 0 saturated carbocycles. The third-order valence-corrected chi connectivity index (χ3v) is 3.96. The van der Waals surface area contributed by atoms with Crippen LogP contribution in [-0.2, 0) is 0 Å². The molecule has 0 atom stereocenters. The van der Waals surface area contributed by atoms with Crippen molar-refractivity contribution in [3.8, 4) is 0 Å². The van der Waals surface area contributed by atoms with Crippen LogP contribution < -0.4 is 5.56 Å². The minimum atomic E-state index is -0.101. The summed E-state index contributed by atoms with van der Waals surface area (Å²) >= 11 is 7.26. The van der Waals surface area contributed by atoms with Gasteiger partial charge < -0.3 is 4.98 Å². The molecular weight excluding hydrogens is 246 g/mol. The molecule has 0 unspecified atom stereocenters. The molecule has 16 heavy (non-hydrogen) atoms. The summed E-state index contributed by atoms with van der Waals surface area (Å²) in [7, 11) is 0. The lowest BCUT2D eigenvalue weighted by molar-refractivity contribution is 1.07. The SMILES string of the molecule is Cc1c(Cl)nnc2sc3c(=O)[nH]ccc3c12. The van der Waals surface area contributed by atoms with E-state index in [1.54, 1.807) is 6.20 Å². The molecule has 1 N–H and O–H groups in total. The first-order valence-electron chi connectivity index (χ1n) is 4.61. The number of thiophene rings is 1. The lowest BCUT2D eigenvalue weighted by Gasteiger charge is -1.97. The van der Waals surface area contributed by atoms with Crippen molar-refractivity contribution < 1.29 is 0 Å². The number of aromatic amines is 1. The largest absolute Gasteiger partial charge is 0.328 e. The van der Waals surface area contributed by atoms with Crippen molar-refractivity contribution in [1.29, 1.82) is 0 Å². The molecule has 0 aliphatic rings. The molecule has 4 nitrogen and oxygen atoms in total. The number of halogens is 1. The highest BCUT2D eigenvalue weighted by molar-refractivity contribution is 7.25. The number of nitrogens with zero attached hydrogens (tertiary/aromatic N) is 2. The van der Waals surface area contributed by atoms with Gasteiger partial charge in [-0.05, 0) is 18.6 Å². The number of rotatable bonds is 0. The number of hydrogen-bond acceptors (Lipinski definition) is 4. The molecule has 3 heterocycles. The highest BCUT2D eigenvalue weighted by Gasteiger charge is 2.13. The van der Waals surface area contributed by atoms with Crippen LogP contribution in [0.25, 0.3) is 20.3 Å². The van der Waals surface area contributed by atoms with Crippen LogP contribution in [-0.4, -0.2) is 15.2 Å². The number of aromatic nitrogens is 3. The van der Waals surface area contributed by atoms with Crippen LogP contribution in [0.1, 0.15) is 5.56 Å². The highest BCUT2D eigenvalue weighted by Crippen LogP contribution is 2.33. The zero-order chi connectivity index (χ0) is 11.3. The van der Waals surface area contributed by atoms with E-state index in [4.69, 9.17) is 11.6 Å². The molecule has 6 heteroatoms. The molecule has 0 aliphatic carbocycles. The van der Waals surface area contributed by atoms with Crippen LogP contribution in [0.4, 0.5) is 0 Å². The first-order chi connectivity index (χ1) is 7.68. The van der Waals surface area contributed by atoms with Crippen LogP contribution in [0, 0.1) is 6.92 Å². The van der Waals surface area contributed by atoms with E-state index in [-0.39, 0.29) is 5.56 Å². The van der Waals surface area contributed by atoms with Crippen molar-refractivity contribution in [2.24, 2.45) is 0 Å². The minimum absolute atomic E-state index is 0.101. The van der Waals surface area contributed by atoms with Gasteiger partial charge in [0, 0.05) is 17.0 Å². The van der Waals surface area contributed by atoms with E-state index in [0.29, 0.717) is 9.85 Å². The van der Waals surface area contributed by atoms with Gasteiger partial charge in [0.2, 0.25) is 0 Å². The molecule has 3 aromatic rings. The van der Waals surface area contributed by atoms with Crippen molar-refractivity contribution in [1.82, 2.24) is 15.2 Å². The van der Waals surface area contributed by atoms with E-state index in [9.17, 15) is 4.79 Å². The van der Waals surface area contributed by atoms with Gasteiger partial charge in [-0.1, -0.05) is 11.6 Å². The molecule has 0 aromatic carbocycles. The fourth-order valence-electron chi connectivity index (χ4n) is 1.73. The van der Waals surface area contributed by atoms with Crippen molar-refractivity contribution >= 4 is 43.2 Å². The summed E-state index contributed by atoms with van der Waals surface area (Å²) in [5.74, 6) is 0. The van der Waals surface area contributed by atoms with Crippen molar-refractivity contribution in [3.05, 3.63) is 33.3 Å². The average Bonchev–Trinajstić information content (AvgIpc) is 2.64. The first kappa shape index (κ1) is 9.74. The van der Waals surface area contributed by atoms with Crippen LogP contribution in [0.2, 0.25) is 5.15 Å². The van der Waals surface area contributed by atoms with E-state index in [0.717, 1.165) is 21.2 Å². The van der Waals surface area contributed by atoms with Crippen molar-refractivity contribution in [3.63, 3.8) is 0 Å². The molecule has 0 saturated heterocycles. The number of fused-ring (bicyclic) bond motifs is 3. The molecule has 0 fully saturated rings. The number of pyridine rings is 1. The summed E-state index contributed by atoms with van der Waals surface area (Å²) in [5.41, 5.74) is 0.763. The maximum atomic E-state index is 11.6. The Morgan fingerprint density at radius 2 is 2.25 bits per heavy atom. The summed E-state index contributed by atoms with van der Waals surface area (Å²) in [6.07, 6.45) is 1.63. The molecule has 0 spiro atoms. The van der Waals surface area contributed by atoms with Gasteiger partial charge in [0.15, 0.2) is 5.15 Å². The summed E-state index contributed by atoms with van der Waals surface area (Å²) in [6.45, 7) is 1.88. The van der Waals surface area contributed by atoms with Crippen LogP contribution in [0.15, 0.2) is 17.1 Å². The average molecular weight is 252 g/mol.